The molecule has 2 aromatic carbocycles. The highest BCUT2D eigenvalue weighted by atomic mass is 35.5. The number of hydrogen-bond acceptors (Lipinski definition) is 6. The van der Waals surface area contributed by atoms with Gasteiger partial charge in [0.2, 0.25) is 0 Å². The first kappa shape index (κ1) is 28.5. The number of carboxylic acid groups (broad SMARTS) is 1. The number of pyridine rings is 1. The fraction of sp³-hybridized carbons (Fsp3) is 0.429. The van der Waals surface area contributed by atoms with Crippen LogP contribution in [0.4, 0.5) is 8.78 Å². The number of methoxy groups -OCH3 is 1. The number of fused-ring (bicyclic) bond motifs is 1. The lowest BCUT2D eigenvalue weighted by atomic mass is 9.71. The Kier molecular flexibility index (Phi) is 9.46. The number of halogens is 3. The van der Waals surface area contributed by atoms with Gasteiger partial charge in [-0.1, -0.05) is 17.7 Å². The van der Waals surface area contributed by atoms with Gasteiger partial charge >= 0.3 is 5.97 Å². The molecule has 1 saturated heterocycles. The lowest BCUT2D eigenvalue weighted by Crippen LogP contribution is -2.42. The zero-order valence-electron chi connectivity index (χ0n) is 21.1. The molecule has 1 fully saturated rings. The fourth-order valence-electron chi connectivity index (χ4n) is 5.20. The summed E-state index contributed by atoms with van der Waals surface area (Å²) in [5.74, 6) is -0.836. The van der Waals surface area contributed by atoms with Crippen molar-refractivity contribution in [3.63, 3.8) is 0 Å². The van der Waals surface area contributed by atoms with E-state index in [0.29, 0.717) is 78.3 Å². The van der Waals surface area contributed by atoms with Crippen LogP contribution in [0.1, 0.15) is 43.8 Å². The van der Waals surface area contributed by atoms with E-state index in [0.717, 1.165) is 11.8 Å². The number of aliphatic hydroxyl groups is 1. The van der Waals surface area contributed by atoms with Crippen molar-refractivity contribution >= 4 is 40.2 Å². The van der Waals surface area contributed by atoms with Gasteiger partial charge in [0.25, 0.3) is 0 Å². The largest absolute Gasteiger partial charge is 0.497 e. The number of benzene rings is 2. The third kappa shape index (κ3) is 6.75. The minimum absolute atomic E-state index is 0.0153. The summed E-state index contributed by atoms with van der Waals surface area (Å²) < 4.78 is 33.1. The second kappa shape index (κ2) is 12.6. The Labute approximate surface area is 230 Å². The molecular formula is C28H31ClF2N2O4S. The van der Waals surface area contributed by atoms with Gasteiger partial charge in [-0.05, 0) is 74.5 Å². The monoisotopic (exact) mass is 564 g/mol. The van der Waals surface area contributed by atoms with Gasteiger partial charge in [0.1, 0.15) is 17.4 Å². The first-order chi connectivity index (χ1) is 18.2. The molecule has 1 aliphatic heterocycles. The van der Waals surface area contributed by atoms with Crippen molar-refractivity contribution in [3.05, 3.63) is 64.8 Å². The second-order valence-electron chi connectivity index (χ2n) is 9.77. The Bertz CT molecular complexity index is 1270. The fourth-order valence-corrected chi connectivity index (χ4v) is 6.45. The van der Waals surface area contributed by atoms with Gasteiger partial charge in [-0.2, -0.15) is 0 Å². The standard InChI is InChI=1S/C28H31ClF2N2O4S/c1-37-18-5-6-23-19(15-18)26(20(29)17-32-23)24(34)7-8-28(16-25(35)36)9-11-33(12-10-28)13-14-38-27-21(30)3-2-4-22(27)31/h2-6,15,17,24,34H,7-14,16H2,1H3,(H,35,36)/t24-/m1/s1. The highest BCUT2D eigenvalue weighted by Gasteiger charge is 2.37. The van der Waals surface area contributed by atoms with Crippen molar-refractivity contribution in [2.75, 3.05) is 32.5 Å². The summed E-state index contributed by atoms with van der Waals surface area (Å²) in [5.41, 5.74) is 0.794. The zero-order valence-corrected chi connectivity index (χ0v) is 22.7. The Hall–Kier alpha value is -2.46. The number of ether oxygens (including phenoxy) is 1. The molecule has 0 unspecified atom stereocenters. The topological polar surface area (TPSA) is 82.9 Å². The number of nitrogens with zero attached hydrogens (tertiary/aromatic N) is 2. The molecule has 10 heteroatoms. The molecule has 2 N–H and O–H groups in total. The van der Waals surface area contributed by atoms with Crippen molar-refractivity contribution in [2.45, 2.75) is 43.1 Å². The van der Waals surface area contributed by atoms with Crippen molar-refractivity contribution in [1.29, 1.82) is 0 Å². The van der Waals surface area contributed by atoms with E-state index in [1.807, 2.05) is 0 Å². The van der Waals surface area contributed by atoms with Gasteiger partial charge in [-0.15, -0.1) is 11.8 Å². The van der Waals surface area contributed by atoms with Gasteiger partial charge in [-0.3, -0.25) is 9.78 Å². The number of aliphatic hydroxyl groups excluding tert-OH is 1. The van der Waals surface area contributed by atoms with Gasteiger partial charge in [0, 0.05) is 29.4 Å². The normalized spacial score (nSPS) is 16.4. The SMILES string of the molecule is COc1ccc2ncc(Cl)c([C@H](O)CCC3(CC(=O)O)CCN(CCSc4c(F)cccc4F)CC3)c2c1. The number of aliphatic carboxylic acids is 1. The van der Waals surface area contributed by atoms with Crippen molar-refractivity contribution in [2.24, 2.45) is 5.41 Å². The number of likely N-dealkylation sites (tertiary alicyclic amines) is 1. The molecule has 0 radical (unpaired) electrons. The molecule has 6 nitrogen and oxygen atoms in total. The molecule has 1 atom stereocenters. The summed E-state index contributed by atoms with van der Waals surface area (Å²) in [5, 5.41) is 21.9. The van der Waals surface area contributed by atoms with Crippen LogP contribution in [0.3, 0.4) is 0 Å². The molecule has 3 aromatic rings. The van der Waals surface area contributed by atoms with Crippen LogP contribution < -0.4 is 4.74 Å². The Morgan fingerprint density at radius 2 is 1.95 bits per heavy atom. The molecule has 1 aliphatic rings. The molecule has 2 heterocycles. The van der Waals surface area contributed by atoms with Crippen molar-refractivity contribution in [1.82, 2.24) is 9.88 Å². The second-order valence-corrected chi connectivity index (χ2v) is 11.3. The van der Waals surface area contributed by atoms with E-state index >= 15 is 0 Å². The quantitative estimate of drug-likeness (QED) is 0.263. The van der Waals surface area contributed by atoms with Crippen molar-refractivity contribution < 1.29 is 28.5 Å². The van der Waals surface area contributed by atoms with E-state index in [-0.39, 0.29) is 11.3 Å². The molecule has 0 bridgehead atoms. The van der Waals surface area contributed by atoms with E-state index < -0.39 is 29.1 Å². The van der Waals surface area contributed by atoms with Crippen LogP contribution >= 0.6 is 23.4 Å². The van der Waals surface area contributed by atoms with Crippen LogP contribution in [0, 0.1) is 17.0 Å². The van der Waals surface area contributed by atoms with Crippen LogP contribution in [0.2, 0.25) is 5.02 Å². The van der Waals surface area contributed by atoms with Gasteiger partial charge < -0.3 is 19.8 Å². The van der Waals surface area contributed by atoms with Crippen LogP contribution in [-0.2, 0) is 4.79 Å². The van der Waals surface area contributed by atoms with Crippen LogP contribution in [0.25, 0.3) is 10.9 Å². The van der Waals surface area contributed by atoms with E-state index in [2.05, 4.69) is 9.88 Å². The summed E-state index contributed by atoms with van der Waals surface area (Å²) >= 11 is 7.60. The van der Waals surface area contributed by atoms with Gasteiger partial charge in [0.15, 0.2) is 0 Å². The average Bonchev–Trinajstić information content (AvgIpc) is 2.89. The Morgan fingerprint density at radius 1 is 1.24 bits per heavy atom. The molecule has 1 aromatic heterocycles. The molecule has 0 aliphatic carbocycles. The predicted molar refractivity (Wildman–Crippen MR) is 145 cm³/mol. The Morgan fingerprint density at radius 3 is 2.61 bits per heavy atom. The predicted octanol–water partition coefficient (Wildman–Crippen LogP) is 6.34. The summed E-state index contributed by atoms with van der Waals surface area (Å²) in [6.07, 6.45) is 2.83. The number of thioether (sulfide) groups is 1. The smallest absolute Gasteiger partial charge is 0.303 e. The van der Waals surface area contributed by atoms with E-state index in [9.17, 15) is 23.8 Å². The molecular weight excluding hydrogens is 534 g/mol. The minimum Gasteiger partial charge on any atom is -0.497 e. The molecule has 0 saturated carbocycles. The van der Waals surface area contributed by atoms with Crippen molar-refractivity contribution in [3.8, 4) is 5.75 Å². The molecule has 0 amide bonds. The zero-order chi connectivity index (χ0) is 27.3. The van der Waals surface area contributed by atoms with E-state index in [1.54, 1.807) is 25.3 Å². The number of piperidine rings is 1. The van der Waals surface area contributed by atoms with Gasteiger partial charge in [0.05, 0.1) is 35.1 Å². The highest BCUT2D eigenvalue weighted by Crippen LogP contribution is 2.43. The number of carboxylic acids is 1. The molecule has 4 rings (SSSR count). The third-order valence-corrected chi connectivity index (χ3v) is 8.73. The van der Waals surface area contributed by atoms with Gasteiger partial charge in [-0.25, -0.2) is 8.78 Å². The summed E-state index contributed by atoms with van der Waals surface area (Å²) in [4.78, 5) is 18.3. The summed E-state index contributed by atoms with van der Waals surface area (Å²) in [6, 6.07) is 9.24. The first-order valence-electron chi connectivity index (χ1n) is 12.5. The number of carbonyl (C=O) groups is 1. The molecule has 204 valence electrons. The summed E-state index contributed by atoms with van der Waals surface area (Å²) in [7, 11) is 1.56. The number of rotatable bonds is 11. The minimum atomic E-state index is -0.893. The first-order valence-corrected chi connectivity index (χ1v) is 13.9. The van der Waals surface area contributed by atoms with Crippen LogP contribution in [0.5, 0.6) is 5.75 Å². The van der Waals surface area contributed by atoms with E-state index in [4.69, 9.17) is 16.3 Å². The lowest BCUT2D eigenvalue weighted by molar-refractivity contribution is -0.141. The van der Waals surface area contributed by atoms with Crippen LogP contribution in [-0.4, -0.2) is 58.6 Å². The Balaban J connectivity index is 1.39. The maximum Gasteiger partial charge on any atom is 0.303 e. The number of aromatic nitrogens is 1. The summed E-state index contributed by atoms with van der Waals surface area (Å²) in [6.45, 7) is 2.00. The average molecular weight is 565 g/mol. The lowest BCUT2D eigenvalue weighted by Gasteiger charge is -2.41. The van der Waals surface area contributed by atoms with E-state index in [1.165, 1.54) is 24.4 Å². The highest BCUT2D eigenvalue weighted by molar-refractivity contribution is 7.99. The maximum atomic E-state index is 13.9. The third-order valence-electron chi connectivity index (χ3n) is 7.37. The number of hydrogen-bond donors (Lipinski definition) is 2. The van der Waals surface area contributed by atoms with Crippen LogP contribution in [0.15, 0.2) is 47.5 Å². The molecule has 0 spiro atoms. The maximum absolute atomic E-state index is 13.9. The molecule has 38 heavy (non-hydrogen) atoms.